The molecule has 0 aliphatic carbocycles. The van der Waals surface area contributed by atoms with E-state index in [1.165, 1.54) is 193 Å². The zero-order valence-corrected chi connectivity index (χ0v) is 65.5. The number of esters is 4. The summed E-state index contributed by atoms with van der Waals surface area (Å²) in [6.07, 6.45) is 52.9. The Kier molecular flexibility index (Phi) is 65.9. The Bertz CT molecular complexity index is 1910. The molecule has 97 heavy (non-hydrogen) atoms. The molecule has 0 spiro atoms. The summed E-state index contributed by atoms with van der Waals surface area (Å²) in [4.78, 5) is 72.8. The van der Waals surface area contributed by atoms with E-state index in [-0.39, 0.29) is 25.7 Å². The number of phosphoric acid groups is 2. The first-order valence-electron chi connectivity index (χ1n) is 40.3. The first-order valence-corrected chi connectivity index (χ1v) is 43.3. The van der Waals surface area contributed by atoms with Crippen LogP contribution in [-0.2, 0) is 65.4 Å². The summed E-state index contributed by atoms with van der Waals surface area (Å²) in [5.74, 6) is 0.972. The van der Waals surface area contributed by atoms with Gasteiger partial charge in [0.05, 0.1) is 26.4 Å². The van der Waals surface area contributed by atoms with Crippen molar-refractivity contribution in [1.82, 2.24) is 0 Å². The van der Waals surface area contributed by atoms with Gasteiger partial charge in [0.2, 0.25) is 0 Å². The van der Waals surface area contributed by atoms with Gasteiger partial charge in [-0.05, 0) is 49.4 Å². The molecule has 3 N–H and O–H groups in total. The highest BCUT2D eigenvalue weighted by Gasteiger charge is 2.30. The van der Waals surface area contributed by atoms with Gasteiger partial charge in [-0.25, -0.2) is 9.13 Å². The van der Waals surface area contributed by atoms with Gasteiger partial charge in [-0.15, -0.1) is 0 Å². The minimum Gasteiger partial charge on any atom is -0.462 e. The molecule has 0 aromatic carbocycles. The number of carbonyl (C=O) groups excluding carboxylic acids is 4. The van der Waals surface area contributed by atoms with E-state index in [1.807, 2.05) is 0 Å². The first kappa shape index (κ1) is 95.1. The van der Waals surface area contributed by atoms with Crippen LogP contribution in [0.1, 0.15) is 396 Å². The lowest BCUT2D eigenvalue weighted by Crippen LogP contribution is -2.30. The summed E-state index contributed by atoms with van der Waals surface area (Å²) in [5.41, 5.74) is 0. The highest BCUT2D eigenvalue weighted by Crippen LogP contribution is 2.45. The molecule has 7 atom stereocenters. The minimum atomic E-state index is -4.96. The molecule has 0 heterocycles. The average molecular weight is 1420 g/mol. The van der Waals surface area contributed by atoms with Crippen molar-refractivity contribution in [3.05, 3.63) is 0 Å². The minimum absolute atomic E-state index is 0.105. The van der Waals surface area contributed by atoms with Gasteiger partial charge in [0.15, 0.2) is 12.2 Å². The SMILES string of the molecule is CCC(C)CCCCCCCCCCCCCCCCCCCCC(=O)O[C@H](COC(=O)CCCCCCCCC(C)CC)COP(=O)(O)OCC(O)COP(=O)(O)OC[C@@H](COC(=O)CCCCCCCCCCC(C)C)OC(=O)CCCCCCCCCCCCCC(C)C. The molecular formula is C78H152O17P2. The predicted molar refractivity (Wildman–Crippen MR) is 395 cm³/mol. The molecule has 19 heteroatoms. The van der Waals surface area contributed by atoms with Crippen LogP contribution in [-0.4, -0.2) is 96.7 Å². The molecule has 0 aromatic rings. The van der Waals surface area contributed by atoms with Crippen molar-refractivity contribution in [1.29, 1.82) is 0 Å². The topological polar surface area (TPSA) is 237 Å². The first-order chi connectivity index (χ1) is 46.7. The number of rotatable bonds is 75. The fourth-order valence-electron chi connectivity index (χ4n) is 11.8. The smallest absolute Gasteiger partial charge is 0.462 e. The van der Waals surface area contributed by atoms with Gasteiger partial charge in [-0.1, -0.05) is 344 Å². The van der Waals surface area contributed by atoms with Gasteiger partial charge < -0.3 is 33.8 Å². The van der Waals surface area contributed by atoms with E-state index in [0.717, 1.165) is 120 Å². The third-order valence-electron chi connectivity index (χ3n) is 18.8. The molecule has 0 rings (SSSR count). The number of ether oxygens (including phenoxy) is 4. The Morgan fingerprint density at radius 3 is 0.732 bits per heavy atom. The Labute approximate surface area is 594 Å². The second kappa shape index (κ2) is 67.2. The Morgan fingerprint density at radius 1 is 0.289 bits per heavy atom. The van der Waals surface area contributed by atoms with Crippen LogP contribution in [0.15, 0.2) is 0 Å². The van der Waals surface area contributed by atoms with Gasteiger partial charge in [-0.3, -0.25) is 37.3 Å². The zero-order chi connectivity index (χ0) is 71.7. The van der Waals surface area contributed by atoms with Crippen molar-refractivity contribution in [2.75, 3.05) is 39.6 Å². The Balaban J connectivity index is 5.18. The number of phosphoric ester groups is 2. The maximum atomic E-state index is 13.1. The average Bonchev–Trinajstić information content (AvgIpc) is 2.10. The second-order valence-corrected chi connectivity index (χ2v) is 32.4. The van der Waals surface area contributed by atoms with Crippen LogP contribution in [0.2, 0.25) is 0 Å². The number of aliphatic hydroxyl groups is 1. The molecule has 0 aliphatic heterocycles. The molecule has 0 amide bonds. The lowest BCUT2D eigenvalue weighted by molar-refractivity contribution is -0.161. The van der Waals surface area contributed by atoms with Crippen LogP contribution in [0.4, 0.5) is 0 Å². The fraction of sp³-hybridized carbons (Fsp3) is 0.949. The third-order valence-corrected chi connectivity index (χ3v) is 20.7. The van der Waals surface area contributed by atoms with Crippen LogP contribution >= 0.6 is 15.6 Å². The molecule has 0 saturated heterocycles. The zero-order valence-electron chi connectivity index (χ0n) is 63.7. The highest BCUT2D eigenvalue weighted by molar-refractivity contribution is 7.47. The van der Waals surface area contributed by atoms with Crippen LogP contribution < -0.4 is 0 Å². The summed E-state index contributed by atoms with van der Waals surface area (Å²) >= 11 is 0. The number of aliphatic hydroxyl groups excluding tert-OH is 1. The second-order valence-electron chi connectivity index (χ2n) is 29.5. The number of hydrogen-bond acceptors (Lipinski definition) is 15. The molecule has 0 aliphatic rings. The van der Waals surface area contributed by atoms with Crippen molar-refractivity contribution in [3.8, 4) is 0 Å². The van der Waals surface area contributed by atoms with Crippen molar-refractivity contribution in [3.63, 3.8) is 0 Å². The Hall–Kier alpha value is -1.94. The van der Waals surface area contributed by atoms with E-state index in [9.17, 15) is 43.2 Å². The lowest BCUT2D eigenvalue weighted by Gasteiger charge is -2.21. The lowest BCUT2D eigenvalue weighted by atomic mass is 9.99. The number of carbonyl (C=O) groups is 4. The molecule has 0 saturated carbocycles. The van der Waals surface area contributed by atoms with E-state index in [4.69, 9.17) is 37.0 Å². The van der Waals surface area contributed by atoms with Crippen molar-refractivity contribution < 1.29 is 80.2 Å². The maximum absolute atomic E-state index is 13.1. The van der Waals surface area contributed by atoms with Gasteiger partial charge in [0, 0.05) is 25.7 Å². The molecule has 0 fully saturated rings. The van der Waals surface area contributed by atoms with E-state index < -0.39 is 97.5 Å². The van der Waals surface area contributed by atoms with Crippen molar-refractivity contribution in [2.45, 2.75) is 414 Å². The standard InChI is InChI=1S/C78H152O17P2/c1-9-70(7)56-48-40-32-25-21-17-15-13-11-12-14-16-18-22-26-34-44-52-60-77(82)95-74(65-89-76(81)59-51-43-37-36-41-49-57-71(8)10-2)67-93-97(86,87)91-63-72(79)62-90-96(84,85)92-66-73(64-88-75(80)58-50-42-33-29-28-31-39-47-55-69(5)6)94-78(83)61-53-45-35-27-23-19-20-24-30-38-46-54-68(3)4/h68-74,79H,9-67H2,1-8H3,(H,84,85)(H,86,87)/t70?,71?,72?,73-,74-/m1/s1. The summed E-state index contributed by atoms with van der Waals surface area (Å²) in [6.45, 7) is 14.2. The summed E-state index contributed by atoms with van der Waals surface area (Å²) in [5, 5.41) is 10.6. The summed E-state index contributed by atoms with van der Waals surface area (Å²) < 4.78 is 68.5. The quantitative estimate of drug-likeness (QED) is 0.0222. The normalized spacial score (nSPS) is 14.6. The molecule has 17 nitrogen and oxygen atoms in total. The molecule has 576 valence electrons. The van der Waals surface area contributed by atoms with Gasteiger partial charge >= 0.3 is 39.5 Å². The summed E-state index contributed by atoms with van der Waals surface area (Å²) in [7, 11) is -9.92. The van der Waals surface area contributed by atoms with Crippen LogP contribution in [0.25, 0.3) is 0 Å². The highest BCUT2D eigenvalue weighted by atomic mass is 31.2. The third kappa shape index (κ3) is 69.5. The predicted octanol–water partition coefficient (Wildman–Crippen LogP) is 22.8. The van der Waals surface area contributed by atoms with Gasteiger partial charge in [0.25, 0.3) is 0 Å². The molecule has 0 radical (unpaired) electrons. The van der Waals surface area contributed by atoms with E-state index >= 15 is 0 Å². The molecule has 0 aromatic heterocycles. The van der Waals surface area contributed by atoms with E-state index in [2.05, 4.69) is 55.4 Å². The number of unbranched alkanes of at least 4 members (excludes halogenated alkanes) is 39. The largest absolute Gasteiger partial charge is 0.472 e. The van der Waals surface area contributed by atoms with Crippen molar-refractivity contribution >= 4 is 39.5 Å². The molecule has 0 bridgehead atoms. The number of hydrogen-bond donors (Lipinski definition) is 3. The van der Waals surface area contributed by atoms with Gasteiger partial charge in [0.1, 0.15) is 19.3 Å². The Morgan fingerprint density at radius 2 is 0.495 bits per heavy atom. The van der Waals surface area contributed by atoms with Crippen molar-refractivity contribution in [2.24, 2.45) is 23.7 Å². The van der Waals surface area contributed by atoms with E-state index in [0.29, 0.717) is 25.7 Å². The van der Waals surface area contributed by atoms with E-state index in [1.54, 1.807) is 0 Å². The molecular weight excluding hydrogens is 1270 g/mol. The van der Waals surface area contributed by atoms with Crippen LogP contribution in [0.5, 0.6) is 0 Å². The summed E-state index contributed by atoms with van der Waals surface area (Å²) in [6, 6.07) is 0. The monoisotopic (exact) mass is 1420 g/mol. The van der Waals surface area contributed by atoms with Crippen LogP contribution in [0.3, 0.4) is 0 Å². The van der Waals surface area contributed by atoms with Crippen LogP contribution in [0, 0.1) is 23.7 Å². The maximum Gasteiger partial charge on any atom is 0.472 e. The fourth-order valence-corrected chi connectivity index (χ4v) is 13.4. The molecule has 5 unspecified atom stereocenters. The van der Waals surface area contributed by atoms with Gasteiger partial charge in [-0.2, -0.15) is 0 Å².